The van der Waals surface area contributed by atoms with Crippen LogP contribution in [0.3, 0.4) is 0 Å². The van der Waals surface area contributed by atoms with Gasteiger partial charge >= 0.3 is 5.96 Å². The molecule has 1 aromatic rings. The number of aromatic nitrogens is 2. The lowest BCUT2D eigenvalue weighted by Gasteiger charge is -2.22. The van der Waals surface area contributed by atoms with E-state index in [9.17, 15) is 0 Å². The molecule has 0 unspecified atom stereocenters. The smallest absolute Gasteiger partial charge is 0.348 e. The first-order valence-corrected chi connectivity index (χ1v) is 7.00. The van der Waals surface area contributed by atoms with E-state index in [1.54, 1.807) is 4.90 Å². The molecular formula is C13H24N6O+2. The maximum Gasteiger partial charge on any atom is 0.348 e. The van der Waals surface area contributed by atoms with Crippen molar-refractivity contribution in [1.29, 1.82) is 0 Å². The Morgan fingerprint density at radius 2 is 2.00 bits per heavy atom. The Bertz CT molecular complexity index is 450. The summed E-state index contributed by atoms with van der Waals surface area (Å²) in [7, 11) is 0. The highest BCUT2D eigenvalue weighted by molar-refractivity contribution is 5.85. The first kappa shape index (κ1) is 14.7. The predicted octanol–water partition coefficient (Wildman–Crippen LogP) is -3.18. The number of rotatable bonds is 4. The van der Waals surface area contributed by atoms with Crippen molar-refractivity contribution in [3.05, 3.63) is 17.5 Å². The number of nitrogens with one attached hydrogen (secondary N) is 3. The summed E-state index contributed by atoms with van der Waals surface area (Å²) in [4.78, 5) is 13.3. The number of ether oxygens (including phenoxy) is 1. The van der Waals surface area contributed by atoms with Gasteiger partial charge in [-0.25, -0.2) is 15.3 Å². The zero-order chi connectivity index (χ0) is 14.4. The molecule has 0 aliphatic carbocycles. The molecular weight excluding hydrogens is 256 g/mol. The number of aryl methyl sites for hydroxylation is 2. The third-order valence-corrected chi connectivity index (χ3v) is 3.22. The molecule has 5 N–H and O–H groups in total. The molecule has 2 rings (SSSR count). The Morgan fingerprint density at radius 3 is 2.65 bits per heavy atom. The second kappa shape index (κ2) is 7.16. The van der Waals surface area contributed by atoms with Crippen LogP contribution < -0.4 is 20.9 Å². The second-order valence-electron chi connectivity index (χ2n) is 5.05. The van der Waals surface area contributed by atoms with Gasteiger partial charge in [0.05, 0.1) is 13.2 Å². The molecule has 0 atom stereocenters. The normalized spacial score (nSPS) is 17.2. The van der Waals surface area contributed by atoms with Gasteiger partial charge in [-0.1, -0.05) is 0 Å². The van der Waals surface area contributed by atoms with Gasteiger partial charge in [-0.15, -0.1) is 0 Å². The first-order valence-electron chi connectivity index (χ1n) is 7.00. The van der Waals surface area contributed by atoms with Gasteiger partial charge in [-0.2, -0.15) is 0 Å². The van der Waals surface area contributed by atoms with Crippen LogP contribution in [-0.2, 0) is 4.74 Å². The molecule has 20 heavy (non-hydrogen) atoms. The van der Waals surface area contributed by atoms with Crippen LogP contribution in [0.2, 0.25) is 0 Å². The van der Waals surface area contributed by atoms with Crippen molar-refractivity contribution in [2.45, 2.75) is 13.8 Å². The molecule has 1 fully saturated rings. The molecule has 0 amide bonds. The standard InChI is InChI=1S/C13H22N6O/c1-10-9-11(2)17-13(16-10)18-12(14)15-3-4-19-5-7-20-8-6-19/h9H,3-8H2,1-2H3,(H3,14,15,16,17,18)/p+2. The lowest BCUT2D eigenvalue weighted by molar-refractivity contribution is -0.914. The van der Waals surface area contributed by atoms with Crippen LogP contribution in [0.15, 0.2) is 6.07 Å². The largest absolute Gasteiger partial charge is 0.370 e. The number of guanidine groups is 1. The maximum absolute atomic E-state index is 5.90. The quantitative estimate of drug-likeness (QED) is 0.345. The minimum atomic E-state index is 0.489. The molecule has 1 saturated heterocycles. The van der Waals surface area contributed by atoms with Crippen LogP contribution >= 0.6 is 0 Å². The number of nitrogens with two attached hydrogens (primary N) is 1. The van der Waals surface area contributed by atoms with Crippen molar-refractivity contribution in [1.82, 2.24) is 9.97 Å². The molecule has 110 valence electrons. The number of morpholine rings is 1. The fourth-order valence-corrected chi connectivity index (χ4v) is 2.23. The van der Waals surface area contributed by atoms with Crippen molar-refractivity contribution in [3.8, 4) is 0 Å². The highest BCUT2D eigenvalue weighted by Gasteiger charge is 2.13. The van der Waals surface area contributed by atoms with Crippen LogP contribution in [0.5, 0.6) is 0 Å². The topological polar surface area (TPSA) is 91.5 Å². The van der Waals surface area contributed by atoms with Gasteiger partial charge in [-0.05, 0) is 19.9 Å². The Hall–Kier alpha value is -1.73. The Morgan fingerprint density at radius 1 is 1.35 bits per heavy atom. The summed E-state index contributed by atoms with van der Waals surface area (Å²) in [6, 6.07) is 1.93. The van der Waals surface area contributed by atoms with Crippen molar-refractivity contribution in [2.75, 3.05) is 44.7 Å². The summed E-state index contributed by atoms with van der Waals surface area (Å²) in [5, 5.41) is 2.99. The molecule has 0 bridgehead atoms. The van der Waals surface area contributed by atoms with Crippen LogP contribution in [0, 0.1) is 13.8 Å². The highest BCUT2D eigenvalue weighted by Crippen LogP contribution is 2.02. The Kier molecular flexibility index (Phi) is 5.25. The predicted molar refractivity (Wildman–Crippen MR) is 76.5 cm³/mol. The van der Waals surface area contributed by atoms with Crippen LogP contribution in [-0.4, -0.2) is 55.3 Å². The lowest BCUT2D eigenvalue weighted by Crippen LogP contribution is -3.16. The van der Waals surface area contributed by atoms with E-state index >= 15 is 0 Å². The summed E-state index contributed by atoms with van der Waals surface area (Å²) in [5.41, 5.74) is 7.75. The molecule has 0 radical (unpaired) electrons. The molecule has 0 aromatic carbocycles. The van der Waals surface area contributed by atoms with Crippen LogP contribution in [0.1, 0.15) is 11.4 Å². The van der Waals surface area contributed by atoms with E-state index in [1.165, 1.54) is 0 Å². The molecule has 7 nitrogen and oxygen atoms in total. The van der Waals surface area contributed by atoms with E-state index in [1.807, 2.05) is 19.9 Å². The Labute approximate surface area is 119 Å². The number of hydrogen-bond donors (Lipinski definition) is 4. The van der Waals surface area contributed by atoms with Gasteiger partial charge in [0.1, 0.15) is 26.2 Å². The van der Waals surface area contributed by atoms with Gasteiger partial charge in [-0.3, -0.25) is 10.7 Å². The SMILES string of the molecule is Cc1cc(C)nc(NC(N)=[NH+]CC[NH+]2CCOCC2)n1. The highest BCUT2D eigenvalue weighted by atomic mass is 16.5. The summed E-state index contributed by atoms with van der Waals surface area (Å²) < 4.78 is 5.33. The minimum Gasteiger partial charge on any atom is -0.370 e. The summed E-state index contributed by atoms with van der Waals surface area (Å²) in [6.07, 6.45) is 0. The van der Waals surface area contributed by atoms with E-state index in [4.69, 9.17) is 10.5 Å². The van der Waals surface area contributed by atoms with E-state index < -0.39 is 0 Å². The third-order valence-electron chi connectivity index (χ3n) is 3.22. The zero-order valence-corrected chi connectivity index (χ0v) is 12.2. The van der Waals surface area contributed by atoms with E-state index in [-0.39, 0.29) is 0 Å². The average Bonchev–Trinajstić information content (AvgIpc) is 2.38. The van der Waals surface area contributed by atoms with E-state index in [0.717, 1.165) is 50.8 Å². The minimum absolute atomic E-state index is 0.489. The second-order valence-corrected chi connectivity index (χ2v) is 5.05. The van der Waals surface area contributed by atoms with Crippen molar-refractivity contribution in [2.24, 2.45) is 5.73 Å². The van der Waals surface area contributed by atoms with Gasteiger partial charge in [0.2, 0.25) is 0 Å². The zero-order valence-electron chi connectivity index (χ0n) is 12.2. The van der Waals surface area contributed by atoms with Crippen molar-refractivity contribution < 1.29 is 14.6 Å². The van der Waals surface area contributed by atoms with Gasteiger partial charge < -0.3 is 9.64 Å². The van der Waals surface area contributed by atoms with Gasteiger partial charge in [0, 0.05) is 11.4 Å². The molecule has 2 heterocycles. The number of nitrogens with zero attached hydrogens (tertiary/aromatic N) is 2. The third kappa shape index (κ3) is 4.75. The molecule has 7 heteroatoms. The molecule has 1 aliphatic rings. The Balaban J connectivity index is 1.81. The fraction of sp³-hybridized carbons (Fsp3) is 0.615. The van der Waals surface area contributed by atoms with Crippen molar-refractivity contribution >= 4 is 11.9 Å². The summed E-state index contributed by atoms with van der Waals surface area (Å²) >= 11 is 0. The fourth-order valence-electron chi connectivity index (χ4n) is 2.23. The summed E-state index contributed by atoms with van der Waals surface area (Å²) in [6.45, 7) is 9.55. The van der Waals surface area contributed by atoms with Crippen molar-refractivity contribution in [3.63, 3.8) is 0 Å². The maximum atomic E-state index is 5.90. The van der Waals surface area contributed by atoms with Gasteiger partial charge in [0.25, 0.3) is 5.95 Å². The average molecular weight is 280 g/mol. The molecule has 0 spiro atoms. The molecule has 1 aliphatic heterocycles. The molecule has 0 saturated carbocycles. The number of quaternary nitrogens is 1. The van der Waals surface area contributed by atoms with Crippen LogP contribution in [0.4, 0.5) is 5.95 Å². The lowest BCUT2D eigenvalue weighted by atomic mass is 10.4. The molecule has 1 aromatic heterocycles. The van der Waals surface area contributed by atoms with Crippen LogP contribution in [0.25, 0.3) is 0 Å². The van der Waals surface area contributed by atoms with E-state index in [2.05, 4.69) is 20.3 Å². The summed E-state index contributed by atoms with van der Waals surface area (Å²) in [5.74, 6) is 1.02. The monoisotopic (exact) mass is 280 g/mol. The van der Waals surface area contributed by atoms with E-state index in [0.29, 0.717) is 11.9 Å². The van der Waals surface area contributed by atoms with Gasteiger partial charge in [0.15, 0.2) is 0 Å². The number of anilines is 1. The number of hydrogen-bond acceptors (Lipinski definition) is 3. The first-order chi connectivity index (χ1) is 9.63.